The Balaban J connectivity index is 2.69. The van der Waals surface area contributed by atoms with E-state index < -0.39 is 0 Å². The van der Waals surface area contributed by atoms with Gasteiger partial charge < -0.3 is 10.5 Å². The topological polar surface area (TPSA) is 71.5 Å². The van der Waals surface area contributed by atoms with Gasteiger partial charge in [0.05, 0.1) is 24.3 Å². The second kappa shape index (κ2) is 2.38. The Morgan fingerprint density at radius 1 is 1.80 bits per heavy atom. The van der Waals surface area contributed by atoms with Gasteiger partial charge >= 0.3 is 0 Å². The summed E-state index contributed by atoms with van der Waals surface area (Å²) in [5.74, 6) is 0. The molecule has 1 aliphatic heterocycles. The fourth-order valence-corrected chi connectivity index (χ4v) is 0.930. The number of nitrogens with zero attached hydrogens (tertiary/aromatic N) is 1. The van der Waals surface area contributed by atoms with Crippen molar-refractivity contribution in [3.63, 3.8) is 0 Å². The summed E-state index contributed by atoms with van der Waals surface area (Å²) in [6.45, 7) is 3.23. The summed E-state index contributed by atoms with van der Waals surface area (Å²) >= 11 is 0. The minimum absolute atomic E-state index is 0.101. The molecule has 0 aromatic heterocycles. The van der Waals surface area contributed by atoms with Crippen molar-refractivity contribution in [2.75, 3.05) is 13.2 Å². The van der Waals surface area contributed by atoms with Gasteiger partial charge in [-0.15, -0.1) is 0 Å². The Morgan fingerprint density at radius 3 is 2.50 bits per heavy atom. The van der Waals surface area contributed by atoms with Crippen LogP contribution in [0.2, 0.25) is 0 Å². The molecule has 1 fully saturated rings. The van der Waals surface area contributed by atoms with Crippen LogP contribution in [-0.4, -0.2) is 13.2 Å². The van der Waals surface area contributed by atoms with Gasteiger partial charge in [-0.25, -0.2) is 5.53 Å². The molecule has 4 nitrogen and oxygen atoms in total. The number of hydrogen-bond donors (Lipinski definition) is 2. The first-order valence-electron chi connectivity index (χ1n) is 3.10. The molecule has 0 aromatic rings. The molecule has 1 rings (SSSR count). The zero-order valence-electron chi connectivity index (χ0n) is 5.92. The largest absolute Gasteiger partial charge is 0.403 e. The maximum absolute atomic E-state index is 6.77. The Kier molecular flexibility index (Phi) is 1.72. The van der Waals surface area contributed by atoms with Gasteiger partial charge in [0.1, 0.15) is 0 Å². The van der Waals surface area contributed by atoms with Crippen molar-refractivity contribution >= 4 is 0 Å². The standard InChI is InChI=1S/C6H11N3O/c1-6(3-10-4-6)5(2-7)9-8/h2,8H,3-4,7H2,1H3/b5-2-,9-8?. The van der Waals surface area contributed by atoms with Crippen LogP contribution >= 0.6 is 0 Å². The lowest BCUT2D eigenvalue weighted by Crippen LogP contribution is -2.41. The molecule has 1 saturated heterocycles. The maximum atomic E-state index is 6.77. The zero-order valence-corrected chi connectivity index (χ0v) is 5.92. The normalized spacial score (nSPS) is 23.5. The molecule has 0 amide bonds. The molecule has 3 N–H and O–H groups in total. The van der Waals surface area contributed by atoms with Crippen molar-refractivity contribution in [2.24, 2.45) is 16.3 Å². The third-order valence-corrected chi connectivity index (χ3v) is 1.74. The Hall–Kier alpha value is -0.900. The van der Waals surface area contributed by atoms with Gasteiger partial charge in [-0.3, -0.25) is 0 Å². The van der Waals surface area contributed by atoms with Crippen LogP contribution < -0.4 is 5.73 Å². The van der Waals surface area contributed by atoms with Gasteiger partial charge in [-0.05, 0) is 6.92 Å². The highest BCUT2D eigenvalue weighted by Gasteiger charge is 2.37. The van der Waals surface area contributed by atoms with Crippen molar-refractivity contribution in [2.45, 2.75) is 6.92 Å². The van der Waals surface area contributed by atoms with Gasteiger partial charge in [0, 0.05) is 6.20 Å². The summed E-state index contributed by atoms with van der Waals surface area (Å²) in [6.07, 6.45) is 1.37. The van der Waals surface area contributed by atoms with E-state index in [1.807, 2.05) is 6.92 Å². The van der Waals surface area contributed by atoms with Crippen LogP contribution in [0.3, 0.4) is 0 Å². The molecule has 0 aliphatic carbocycles. The van der Waals surface area contributed by atoms with E-state index in [2.05, 4.69) is 5.11 Å². The van der Waals surface area contributed by atoms with Gasteiger partial charge in [0.2, 0.25) is 0 Å². The second-order valence-corrected chi connectivity index (χ2v) is 2.72. The molecule has 10 heavy (non-hydrogen) atoms. The summed E-state index contributed by atoms with van der Waals surface area (Å²) in [5.41, 5.74) is 12.5. The van der Waals surface area contributed by atoms with E-state index in [0.717, 1.165) is 0 Å². The molecule has 0 atom stereocenters. The van der Waals surface area contributed by atoms with Crippen molar-refractivity contribution in [1.82, 2.24) is 0 Å². The quantitative estimate of drug-likeness (QED) is 0.559. The van der Waals surface area contributed by atoms with E-state index in [1.54, 1.807) is 0 Å². The predicted octanol–water partition coefficient (Wildman–Crippen LogP) is 0.854. The van der Waals surface area contributed by atoms with Crippen LogP contribution in [0.4, 0.5) is 0 Å². The lowest BCUT2D eigenvalue weighted by atomic mass is 9.85. The number of rotatable bonds is 2. The highest BCUT2D eigenvalue weighted by molar-refractivity contribution is 5.12. The molecular weight excluding hydrogens is 130 g/mol. The lowest BCUT2D eigenvalue weighted by Gasteiger charge is -2.37. The predicted molar refractivity (Wildman–Crippen MR) is 36.3 cm³/mol. The molecule has 56 valence electrons. The van der Waals surface area contributed by atoms with Gasteiger partial charge in [-0.2, -0.15) is 5.11 Å². The van der Waals surface area contributed by atoms with Crippen LogP contribution in [0.25, 0.3) is 0 Å². The van der Waals surface area contributed by atoms with Gasteiger partial charge in [-0.1, -0.05) is 0 Å². The fraction of sp³-hybridized carbons (Fsp3) is 0.667. The molecule has 0 bridgehead atoms. The molecule has 1 heterocycles. The average molecular weight is 141 g/mol. The number of nitrogens with one attached hydrogen (secondary N) is 1. The van der Waals surface area contributed by atoms with Crippen LogP contribution in [0.1, 0.15) is 6.92 Å². The van der Waals surface area contributed by atoms with Crippen LogP contribution in [0.5, 0.6) is 0 Å². The molecule has 0 radical (unpaired) electrons. The van der Waals surface area contributed by atoms with Gasteiger partial charge in [0.15, 0.2) is 0 Å². The molecule has 4 heteroatoms. The number of nitrogens with two attached hydrogens (primary N) is 1. The van der Waals surface area contributed by atoms with E-state index >= 15 is 0 Å². The maximum Gasteiger partial charge on any atom is 0.0882 e. The first kappa shape index (κ1) is 7.21. The molecule has 0 aromatic carbocycles. The van der Waals surface area contributed by atoms with Crippen molar-refractivity contribution in [3.8, 4) is 0 Å². The van der Waals surface area contributed by atoms with E-state index in [1.165, 1.54) is 6.20 Å². The van der Waals surface area contributed by atoms with Crippen molar-refractivity contribution < 1.29 is 4.74 Å². The van der Waals surface area contributed by atoms with Crippen molar-refractivity contribution in [3.05, 3.63) is 11.9 Å². The summed E-state index contributed by atoms with van der Waals surface area (Å²) in [6, 6.07) is 0. The van der Waals surface area contributed by atoms with Crippen LogP contribution in [-0.2, 0) is 4.74 Å². The van der Waals surface area contributed by atoms with E-state index in [-0.39, 0.29) is 5.41 Å². The van der Waals surface area contributed by atoms with E-state index in [9.17, 15) is 0 Å². The van der Waals surface area contributed by atoms with Crippen LogP contribution in [0, 0.1) is 10.9 Å². The van der Waals surface area contributed by atoms with Crippen LogP contribution in [0.15, 0.2) is 17.0 Å². The second-order valence-electron chi connectivity index (χ2n) is 2.72. The average Bonchev–Trinajstić information content (AvgIpc) is 1.87. The first-order valence-corrected chi connectivity index (χ1v) is 3.10. The molecule has 1 aliphatic rings. The zero-order chi connectivity index (χ0) is 7.61. The Morgan fingerprint density at radius 2 is 2.40 bits per heavy atom. The highest BCUT2D eigenvalue weighted by atomic mass is 16.5. The summed E-state index contributed by atoms with van der Waals surface area (Å²) < 4.78 is 4.98. The number of hydrogen-bond acceptors (Lipinski definition) is 4. The van der Waals surface area contributed by atoms with Gasteiger partial charge in [0.25, 0.3) is 0 Å². The Bertz CT molecular complexity index is 172. The third kappa shape index (κ3) is 0.903. The van der Waals surface area contributed by atoms with Crippen molar-refractivity contribution in [1.29, 1.82) is 5.53 Å². The van der Waals surface area contributed by atoms with E-state index in [0.29, 0.717) is 18.9 Å². The molecule has 0 unspecified atom stereocenters. The summed E-state index contributed by atoms with van der Waals surface area (Å²) in [5, 5.41) is 3.31. The third-order valence-electron chi connectivity index (χ3n) is 1.74. The first-order chi connectivity index (χ1) is 4.73. The molecule has 0 spiro atoms. The smallest absolute Gasteiger partial charge is 0.0882 e. The number of ether oxygens (including phenoxy) is 1. The van der Waals surface area contributed by atoms with E-state index in [4.69, 9.17) is 16.0 Å². The SMILES string of the molecule is CC1(/C(=C/N)N=N)COC1. The lowest BCUT2D eigenvalue weighted by molar-refractivity contribution is -0.0791. The fourth-order valence-electron chi connectivity index (χ4n) is 0.930. The highest BCUT2D eigenvalue weighted by Crippen LogP contribution is 2.34. The monoisotopic (exact) mass is 141 g/mol. The summed E-state index contributed by atoms with van der Waals surface area (Å²) in [4.78, 5) is 0. The molecule has 0 saturated carbocycles. The molecular formula is C6H11N3O. The Labute approximate surface area is 59.6 Å². The minimum atomic E-state index is -0.101. The minimum Gasteiger partial charge on any atom is -0.403 e. The summed E-state index contributed by atoms with van der Waals surface area (Å²) in [7, 11) is 0.